The van der Waals surface area contributed by atoms with Crippen LogP contribution in [0.15, 0.2) is 29.3 Å². The first-order valence-electron chi connectivity index (χ1n) is 11.4. The second kappa shape index (κ2) is 12.9. The van der Waals surface area contributed by atoms with E-state index in [-0.39, 0.29) is 6.10 Å². The van der Waals surface area contributed by atoms with E-state index in [1.54, 1.807) is 0 Å². The molecule has 5 nitrogen and oxygen atoms in total. The van der Waals surface area contributed by atoms with Gasteiger partial charge in [-0.15, -0.1) is 0 Å². The Hall–Kier alpha value is -1.59. The summed E-state index contributed by atoms with van der Waals surface area (Å²) >= 11 is 0. The number of aryl methyl sites for hydroxylation is 1. The number of guanidine groups is 1. The van der Waals surface area contributed by atoms with Crippen LogP contribution in [-0.4, -0.2) is 56.7 Å². The van der Waals surface area contributed by atoms with Crippen molar-refractivity contribution in [3.8, 4) is 0 Å². The maximum absolute atomic E-state index is 6.16. The first-order chi connectivity index (χ1) is 14.1. The maximum Gasteiger partial charge on any atom is 0.191 e. The van der Waals surface area contributed by atoms with Gasteiger partial charge in [0.2, 0.25) is 0 Å². The van der Waals surface area contributed by atoms with Gasteiger partial charge in [-0.2, -0.15) is 0 Å². The lowest BCUT2D eigenvalue weighted by Gasteiger charge is -2.33. The minimum atomic E-state index is 0.168. The normalized spacial score (nSPS) is 21.2. The van der Waals surface area contributed by atoms with Crippen molar-refractivity contribution in [2.75, 3.05) is 39.8 Å². The molecule has 2 N–H and O–H groups in total. The highest BCUT2D eigenvalue weighted by Gasteiger charge is 2.27. The lowest BCUT2D eigenvalue weighted by atomic mass is 9.89. The second-order valence-corrected chi connectivity index (χ2v) is 8.27. The Labute approximate surface area is 178 Å². The Morgan fingerprint density at radius 2 is 1.97 bits per heavy atom. The molecule has 0 aliphatic carbocycles. The standard InChI is InChI=1S/C24H42N4O/c1-6-28(7-2)16-8-10-20(4)27-24(25-5)26-18-22-11-9-17-29-23(22)21-14-12-19(3)13-15-21/h12-15,20,22-23H,6-11,16-18H2,1-5H3,(H2,25,26,27). The average Bonchev–Trinajstić information content (AvgIpc) is 2.75. The molecule has 1 heterocycles. The summed E-state index contributed by atoms with van der Waals surface area (Å²) in [5.74, 6) is 1.36. The summed E-state index contributed by atoms with van der Waals surface area (Å²) in [6.07, 6.45) is 4.83. The van der Waals surface area contributed by atoms with Crippen LogP contribution in [0.2, 0.25) is 0 Å². The summed E-state index contributed by atoms with van der Waals surface area (Å²) in [6.45, 7) is 14.0. The van der Waals surface area contributed by atoms with Crippen LogP contribution in [0, 0.1) is 12.8 Å². The molecule has 1 saturated heterocycles. The molecule has 1 aliphatic heterocycles. The number of hydrogen-bond acceptors (Lipinski definition) is 3. The second-order valence-electron chi connectivity index (χ2n) is 8.27. The molecule has 2 rings (SSSR count). The lowest BCUT2D eigenvalue weighted by Crippen LogP contribution is -2.45. The van der Waals surface area contributed by atoms with Crippen molar-refractivity contribution in [2.24, 2.45) is 10.9 Å². The highest BCUT2D eigenvalue weighted by molar-refractivity contribution is 5.79. The van der Waals surface area contributed by atoms with E-state index in [0.717, 1.165) is 45.0 Å². The van der Waals surface area contributed by atoms with Crippen LogP contribution >= 0.6 is 0 Å². The molecule has 5 heteroatoms. The molecule has 164 valence electrons. The lowest BCUT2D eigenvalue weighted by molar-refractivity contribution is -0.0265. The summed E-state index contributed by atoms with van der Waals surface area (Å²) < 4.78 is 6.16. The SMILES string of the molecule is CCN(CC)CCCC(C)NC(=NC)NCC1CCCOC1c1ccc(C)cc1. The van der Waals surface area contributed by atoms with E-state index in [4.69, 9.17) is 4.74 Å². The predicted octanol–water partition coefficient (Wildman–Crippen LogP) is 4.14. The van der Waals surface area contributed by atoms with Gasteiger partial charge in [-0.25, -0.2) is 0 Å². The molecule has 0 saturated carbocycles. The van der Waals surface area contributed by atoms with Crippen LogP contribution in [-0.2, 0) is 4.74 Å². The zero-order valence-electron chi connectivity index (χ0n) is 19.2. The molecule has 1 aromatic carbocycles. The molecule has 0 aromatic heterocycles. The number of ether oxygens (including phenoxy) is 1. The van der Waals surface area contributed by atoms with Gasteiger partial charge in [0.25, 0.3) is 0 Å². The summed E-state index contributed by atoms with van der Waals surface area (Å²) in [6, 6.07) is 9.19. The number of rotatable bonds is 10. The molecule has 0 radical (unpaired) electrons. The van der Waals surface area contributed by atoms with Crippen molar-refractivity contribution in [3.63, 3.8) is 0 Å². The van der Waals surface area contributed by atoms with Crippen molar-refractivity contribution in [1.82, 2.24) is 15.5 Å². The molecule has 1 fully saturated rings. The van der Waals surface area contributed by atoms with Gasteiger partial charge < -0.3 is 20.3 Å². The van der Waals surface area contributed by atoms with E-state index in [2.05, 4.69) is 72.5 Å². The van der Waals surface area contributed by atoms with E-state index in [1.807, 2.05) is 7.05 Å². The molecule has 1 aromatic rings. The molecule has 3 unspecified atom stereocenters. The zero-order chi connectivity index (χ0) is 21.1. The van der Waals surface area contributed by atoms with Crippen LogP contribution < -0.4 is 10.6 Å². The van der Waals surface area contributed by atoms with Crippen molar-refractivity contribution >= 4 is 5.96 Å². The molecular weight excluding hydrogens is 360 g/mol. The van der Waals surface area contributed by atoms with Gasteiger partial charge in [0.05, 0.1) is 6.10 Å². The Morgan fingerprint density at radius 1 is 1.24 bits per heavy atom. The van der Waals surface area contributed by atoms with Crippen LogP contribution in [0.3, 0.4) is 0 Å². The molecule has 0 spiro atoms. The Kier molecular flexibility index (Phi) is 10.5. The zero-order valence-corrected chi connectivity index (χ0v) is 19.2. The molecular formula is C24H42N4O. The smallest absolute Gasteiger partial charge is 0.191 e. The predicted molar refractivity (Wildman–Crippen MR) is 124 cm³/mol. The van der Waals surface area contributed by atoms with Gasteiger partial charge in [-0.1, -0.05) is 43.7 Å². The van der Waals surface area contributed by atoms with E-state index in [0.29, 0.717) is 12.0 Å². The molecule has 1 aliphatic rings. The van der Waals surface area contributed by atoms with Crippen molar-refractivity contribution < 1.29 is 4.74 Å². The van der Waals surface area contributed by atoms with Crippen molar-refractivity contribution in [2.45, 2.75) is 65.5 Å². The fraction of sp³-hybridized carbons (Fsp3) is 0.708. The largest absolute Gasteiger partial charge is 0.373 e. The van der Waals surface area contributed by atoms with Gasteiger partial charge in [0.15, 0.2) is 5.96 Å². The van der Waals surface area contributed by atoms with E-state index < -0.39 is 0 Å². The van der Waals surface area contributed by atoms with Crippen molar-refractivity contribution in [1.29, 1.82) is 0 Å². The molecule has 3 atom stereocenters. The first kappa shape index (κ1) is 23.7. The Balaban J connectivity index is 1.81. The third-order valence-corrected chi connectivity index (χ3v) is 6.00. The maximum atomic E-state index is 6.16. The molecule has 0 amide bonds. The Morgan fingerprint density at radius 3 is 2.62 bits per heavy atom. The highest BCUT2D eigenvalue weighted by atomic mass is 16.5. The van der Waals surface area contributed by atoms with E-state index >= 15 is 0 Å². The summed E-state index contributed by atoms with van der Waals surface area (Å²) in [4.78, 5) is 6.92. The van der Waals surface area contributed by atoms with Crippen LogP contribution in [0.5, 0.6) is 0 Å². The van der Waals surface area contributed by atoms with E-state index in [9.17, 15) is 0 Å². The number of benzene rings is 1. The monoisotopic (exact) mass is 402 g/mol. The van der Waals surface area contributed by atoms with Crippen molar-refractivity contribution in [3.05, 3.63) is 35.4 Å². The third-order valence-electron chi connectivity index (χ3n) is 6.00. The van der Waals surface area contributed by atoms with Gasteiger partial charge in [-0.05, 0) is 64.7 Å². The van der Waals surface area contributed by atoms with Gasteiger partial charge in [0.1, 0.15) is 0 Å². The van der Waals surface area contributed by atoms with Gasteiger partial charge >= 0.3 is 0 Å². The topological polar surface area (TPSA) is 48.9 Å². The average molecular weight is 403 g/mol. The minimum Gasteiger partial charge on any atom is -0.373 e. The van der Waals surface area contributed by atoms with E-state index in [1.165, 1.54) is 30.5 Å². The van der Waals surface area contributed by atoms with Gasteiger partial charge in [0, 0.05) is 32.2 Å². The minimum absolute atomic E-state index is 0.168. The van der Waals surface area contributed by atoms with Crippen LogP contribution in [0.1, 0.15) is 63.7 Å². The number of hydrogen-bond donors (Lipinski definition) is 2. The van der Waals surface area contributed by atoms with Crippen LogP contribution in [0.4, 0.5) is 0 Å². The summed E-state index contributed by atoms with van der Waals surface area (Å²) in [7, 11) is 1.85. The highest BCUT2D eigenvalue weighted by Crippen LogP contribution is 2.33. The fourth-order valence-electron chi connectivity index (χ4n) is 4.07. The molecule has 29 heavy (non-hydrogen) atoms. The summed E-state index contributed by atoms with van der Waals surface area (Å²) in [5, 5.41) is 7.11. The number of nitrogens with zero attached hydrogens (tertiary/aromatic N) is 2. The first-order valence-corrected chi connectivity index (χ1v) is 11.4. The quantitative estimate of drug-likeness (QED) is 0.456. The fourth-order valence-corrected chi connectivity index (χ4v) is 4.07. The Bertz CT molecular complexity index is 597. The molecule has 0 bridgehead atoms. The third kappa shape index (κ3) is 7.98. The van der Waals surface area contributed by atoms with Gasteiger partial charge in [-0.3, -0.25) is 4.99 Å². The number of aliphatic imine (C=N–C) groups is 1. The number of nitrogens with one attached hydrogen (secondary N) is 2. The van der Waals surface area contributed by atoms with Crippen LogP contribution in [0.25, 0.3) is 0 Å². The summed E-state index contributed by atoms with van der Waals surface area (Å²) in [5.41, 5.74) is 2.58.